The molecule has 0 fully saturated rings. The van der Waals surface area contributed by atoms with E-state index in [1.807, 2.05) is 0 Å². The predicted molar refractivity (Wildman–Crippen MR) is 261 cm³/mol. The predicted octanol–water partition coefficient (Wildman–Crippen LogP) is 17.8. The summed E-state index contributed by atoms with van der Waals surface area (Å²) in [4.78, 5) is 38.0. The summed E-state index contributed by atoms with van der Waals surface area (Å²) in [5.74, 6) is -0.00516. The first-order chi connectivity index (χ1) is 29.9. The molecule has 0 aliphatic rings. The zero-order chi connectivity index (χ0) is 44.5. The van der Waals surface area contributed by atoms with Crippen molar-refractivity contribution in [1.82, 2.24) is 0 Å². The molecule has 0 saturated carbocycles. The maximum Gasteiger partial charge on any atom is 0.306 e. The van der Waals surface area contributed by atoms with Gasteiger partial charge in [-0.1, -0.05) is 272 Å². The lowest BCUT2D eigenvalue weighted by molar-refractivity contribution is -0.167. The molecule has 6 heteroatoms. The van der Waals surface area contributed by atoms with Crippen LogP contribution < -0.4 is 0 Å². The molecule has 362 valence electrons. The Morgan fingerprint density at radius 2 is 0.541 bits per heavy atom. The Hall–Kier alpha value is -1.59. The lowest BCUT2D eigenvalue weighted by Gasteiger charge is -2.18. The molecule has 0 spiro atoms. The van der Waals surface area contributed by atoms with Crippen LogP contribution in [0.3, 0.4) is 0 Å². The minimum Gasteiger partial charge on any atom is -0.462 e. The molecule has 0 aliphatic carbocycles. The second-order valence-corrected chi connectivity index (χ2v) is 19.3. The third-order valence-electron chi connectivity index (χ3n) is 12.5. The number of hydrogen-bond acceptors (Lipinski definition) is 6. The number of esters is 3. The van der Waals surface area contributed by atoms with Crippen molar-refractivity contribution in [1.29, 1.82) is 0 Å². The van der Waals surface area contributed by atoms with E-state index in [1.165, 1.54) is 205 Å². The Labute approximate surface area is 380 Å². The summed E-state index contributed by atoms with van der Waals surface area (Å²) >= 11 is 0. The highest BCUT2D eigenvalue weighted by atomic mass is 16.6. The molecule has 0 saturated heterocycles. The fourth-order valence-electron chi connectivity index (χ4n) is 8.39. The lowest BCUT2D eigenvalue weighted by atomic mass is 10.0. The van der Waals surface area contributed by atoms with Gasteiger partial charge in [0.1, 0.15) is 13.2 Å². The minimum absolute atomic E-state index is 0.0622. The van der Waals surface area contributed by atoms with Crippen LogP contribution in [0, 0.1) is 5.92 Å². The second-order valence-electron chi connectivity index (χ2n) is 19.3. The van der Waals surface area contributed by atoms with E-state index in [2.05, 4.69) is 27.7 Å². The SMILES string of the molecule is CCCCCCCCCCCCCCCCC(=O)OC[C@H](COC(=O)CCCCCCCCCCCCCCC(C)C)OC(=O)CCCCCCCCCCCCCCCC. The number of ether oxygens (including phenoxy) is 3. The van der Waals surface area contributed by atoms with E-state index < -0.39 is 6.10 Å². The van der Waals surface area contributed by atoms with Crippen LogP contribution in [0.25, 0.3) is 0 Å². The Bertz CT molecular complexity index is 918. The molecule has 0 aromatic heterocycles. The standard InChI is InChI=1S/C55H106O6/c1-5-7-9-11-13-15-17-19-21-26-30-34-38-42-46-53(56)59-49-52(61-55(58)48-44-40-36-32-28-22-20-18-16-14-12-10-8-6-2)50-60-54(57)47-43-39-35-31-27-24-23-25-29-33-37-41-45-51(3)4/h51-52H,5-50H2,1-4H3/t52-/m1/s1. The largest absolute Gasteiger partial charge is 0.462 e. The summed E-state index contributed by atoms with van der Waals surface area (Å²) in [5, 5.41) is 0. The summed E-state index contributed by atoms with van der Waals surface area (Å²) in [6, 6.07) is 0. The summed E-state index contributed by atoms with van der Waals surface area (Å²) < 4.78 is 16.9. The van der Waals surface area contributed by atoms with Gasteiger partial charge < -0.3 is 14.2 Å². The van der Waals surface area contributed by atoms with Crippen molar-refractivity contribution in [3.05, 3.63) is 0 Å². The van der Waals surface area contributed by atoms with Crippen LogP contribution in [-0.4, -0.2) is 37.2 Å². The Balaban J connectivity index is 4.31. The zero-order valence-electron chi connectivity index (χ0n) is 41.6. The monoisotopic (exact) mass is 863 g/mol. The van der Waals surface area contributed by atoms with E-state index in [0.717, 1.165) is 63.7 Å². The van der Waals surface area contributed by atoms with Crippen molar-refractivity contribution >= 4 is 17.9 Å². The fraction of sp³-hybridized carbons (Fsp3) is 0.945. The fourth-order valence-corrected chi connectivity index (χ4v) is 8.39. The molecule has 0 aromatic carbocycles. The third-order valence-corrected chi connectivity index (χ3v) is 12.5. The molecule has 0 aliphatic heterocycles. The highest BCUT2D eigenvalue weighted by Crippen LogP contribution is 2.17. The first-order valence-electron chi connectivity index (χ1n) is 27.4. The molecular formula is C55H106O6. The van der Waals surface area contributed by atoms with E-state index in [0.29, 0.717) is 19.3 Å². The number of carbonyl (C=O) groups excluding carboxylic acids is 3. The maximum atomic E-state index is 12.8. The summed E-state index contributed by atoms with van der Waals surface area (Å²) in [7, 11) is 0. The Morgan fingerprint density at radius 1 is 0.311 bits per heavy atom. The second kappa shape index (κ2) is 49.4. The molecule has 1 atom stereocenters. The van der Waals surface area contributed by atoms with Crippen LogP contribution in [0.4, 0.5) is 0 Å². The van der Waals surface area contributed by atoms with Gasteiger partial charge in [-0.2, -0.15) is 0 Å². The summed E-state index contributed by atoms with van der Waals surface area (Å²) in [6.07, 6.45) is 52.2. The maximum absolute atomic E-state index is 12.8. The van der Waals surface area contributed by atoms with E-state index >= 15 is 0 Å². The van der Waals surface area contributed by atoms with Crippen LogP contribution in [-0.2, 0) is 28.6 Å². The van der Waals surface area contributed by atoms with E-state index in [1.54, 1.807) is 0 Å². The smallest absolute Gasteiger partial charge is 0.306 e. The molecule has 61 heavy (non-hydrogen) atoms. The van der Waals surface area contributed by atoms with Gasteiger partial charge in [0.2, 0.25) is 0 Å². The number of hydrogen-bond donors (Lipinski definition) is 0. The van der Waals surface area contributed by atoms with Gasteiger partial charge >= 0.3 is 17.9 Å². The van der Waals surface area contributed by atoms with Gasteiger partial charge in [0.05, 0.1) is 0 Å². The van der Waals surface area contributed by atoms with Gasteiger partial charge in [-0.05, 0) is 25.2 Å². The first kappa shape index (κ1) is 59.4. The highest BCUT2D eigenvalue weighted by Gasteiger charge is 2.19. The highest BCUT2D eigenvalue weighted by molar-refractivity contribution is 5.71. The summed E-state index contributed by atoms with van der Waals surface area (Å²) in [6.45, 7) is 9.04. The van der Waals surface area contributed by atoms with E-state index in [9.17, 15) is 14.4 Å². The van der Waals surface area contributed by atoms with Gasteiger partial charge in [-0.25, -0.2) is 0 Å². The van der Waals surface area contributed by atoms with Gasteiger partial charge in [0.25, 0.3) is 0 Å². The Morgan fingerprint density at radius 3 is 0.803 bits per heavy atom. The quantitative estimate of drug-likeness (QED) is 0.0344. The average molecular weight is 863 g/mol. The van der Waals surface area contributed by atoms with E-state index in [4.69, 9.17) is 14.2 Å². The zero-order valence-corrected chi connectivity index (χ0v) is 41.6. The number of rotatable bonds is 50. The van der Waals surface area contributed by atoms with Crippen molar-refractivity contribution in [2.45, 2.75) is 316 Å². The number of unbranched alkanes of at least 4 members (excludes halogenated alkanes) is 37. The Kier molecular flexibility index (Phi) is 48.1. The van der Waals surface area contributed by atoms with Gasteiger partial charge in [0.15, 0.2) is 6.10 Å². The van der Waals surface area contributed by atoms with Crippen LogP contribution >= 0.6 is 0 Å². The van der Waals surface area contributed by atoms with Crippen LogP contribution in [0.2, 0.25) is 0 Å². The van der Waals surface area contributed by atoms with Crippen molar-refractivity contribution < 1.29 is 28.6 Å². The lowest BCUT2D eigenvalue weighted by Crippen LogP contribution is -2.30. The van der Waals surface area contributed by atoms with Gasteiger partial charge in [-0.15, -0.1) is 0 Å². The normalized spacial score (nSPS) is 12.0. The molecule has 0 amide bonds. The van der Waals surface area contributed by atoms with Gasteiger partial charge in [0, 0.05) is 19.3 Å². The van der Waals surface area contributed by atoms with E-state index in [-0.39, 0.29) is 31.1 Å². The van der Waals surface area contributed by atoms with Crippen molar-refractivity contribution in [2.75, 3.05) is 13.2 Å². The van der Waals surface area contributed by atoms with Crippen LogP contribution in [0.5, 0.6) is 0 Å². The topological polar surface area (TPSA) is 78.9 Å². The third kappa shape index (κ3) is 49.3. The molecule has 0 rings (SSSR count). The molecule has 0 radical (unpaired) electrons. The average Bonchev–Trinajstić information content (AvgIpc) is 3.24. The molecule has 0 bridgehead atoms. The first-order valence-corrected chi connectivity index (χ1v) is 27.4. The minimum atomic E-state index is -0.761. The molecule has 0 aromatic rings. The summed E-state index contributed by atoms with van der Waals surface area (Å²) in [5.41, 5.74) is 0. The van der Waals surface area contributed by atoms with Crippen molar-refractivity contribution in [2.24, 2.45) is 5.92 Å². The van der Waals surface area contributed by atoms with Gasteiger partial charge in [-0.3, -0.25) is 14.4 Å². The molecule has 6 nitrogen and oxygen atoms in total. The molecule has 0 N–H and O–H groups in total. The van der Waals surface area contributed by atoms with Crippen LogP contribution in [0.15, 0.2) is 0 Å². The molecule has 0 heterocycles. The number of carbonyl (C=O) groups is 3. The van der Waals surface area contributed by atoms with Crippen molar-refractivity contribution in [3.8, 4) is 0 Å². The van der Waals surface area contributed by atoms with Crippen LogP contribution in [0.1, 0.15) is 310 Å². The van der Waals surface area contributed by atoms with Crippen molar-refractivity contribution in [3.63, 3.8) is 0 Å². The molecule has 0 unspecified atom stereocenters. The molecular weight excluding hydrogens is 757 g/mol.